The number of benzene rings is 2. The zero-order chi connectivity index (χ0) is 27.3. The molecule has 3 aromatic rings. The fourth-order valence-corrected chi connectivity index (χ4v) is 3.46. The number of esters is 1. The third-order valence-corrected chi connectivity index (χ3v) is 5.45. The van der Waals surface area contributed by atoms with Gasteiger partial charge in [0.2, 0.25) is 5.76 Å². The van der Waals surface area contributed by atoms with Crippen molar-refractivity contribution in [2.45, 2.75) is 26.1 Å². The lowest BCUT2D eigenvalue weighted by Crippen LogP contribution is -2.44. The van der Waals surface area contributed by atoms with Gasteiger partial charge in [0.05, 0.1) is 23.4 Å². The highest BCUT2D eigenvalue weighted by atomic mass is 35.5. The lowest BCUT2D eigenvalue weighted by molar-refractivity contribution is -0.144. The molecule has 0 radical (unpaired) electrons. The molecule has 3 rings (SSSR count). The molecule has 2 aromatic carbocycles. The van der Waals surface area contributed by atoms with Crippen LogP contribution in [0.1, 0.15) is 30.0 Å². The summed E-state index contributed by atoms with van der Waals surface area (Å²) in [4.78, 5) is 36.6. The van der Waals surface area contributed by atoms with Crippen LogP contribution >= 0.6 is 11.6 Å². The normalized spacial score (nSPS) is 12.1. The summed E-state index contributed by atoms with van der Waals surface area (Å²) in [7, 11) is 1.22. The van der Waals surface area contributed by atoms with Gasteiger partial charge in [-0.15, -0.1) is 0 Å². The predicted octanol–water partition coefficient (Wildman–Crippen LogP) is 5.59. The molecule has 0 aliphatic carbocycles. The van der Waals surface area contributed by atoms with Gasteiger partial charge in [-0.1, -0.05) is 48.8 Å². The summed E-state index contributed by atoms with van der Waals surface area (Å²) in [6, 6.07) is 8.79. The van der Waals surface area contributed by atoms with E-state index in [4.69, 9.17) is 20.9 Å². The molecule has 1 atom stereocenters. The molecule has 3 N–H and O–H groups in total. The third-order valence-electron chi connectivity index (χ3n) is 5.14. The number of anilines is 2. The number of carbonyl (C=O) groups is 3. The van der Waals surface area contributed by atoms with Crippen LogP contribution in [-0.2, 0) is 15.7 Å². The number of nitrogens with one attached hydrogen (secondary N) is 3. The summed E-state index contributed by atoms with van der Waals surface area (Å²) in [5.74, 6) is -1.62. The van der Waals surface area contributed by atoms with Crippen molar-refractivity contribution in [1.29, 1.82) is 0 Å². The summed E-state index contributed by atoms with van der Waals surface area (Å²) >= 11 is 5.85. The van der Waals surface area contributed by atoms with Gasteiger partial charge in [0.1, 0.15) is 11.7 Å². The standard InChI is InChI=1S/C24H22ClF3N4O5/c1-12(2)19(22(34)36-3)30-21(33)18-11-17(32-37-18)13-7-9-14(10-8-13)29-23(35)31-20-15(24(26,27)28)5-4-6-16(20)25/h4-12,19H,1-3H3,(H,30,33)(H2,29,31,35)/t19-/m0/s1. The summed E-state index contributed by atoms with van der Waals surface area (Å²) in [6.45, 7) is 3.49. The summed E-state index contributed by atoms with van der Waals surface area (Å²) in [5.41, 5.74) is -0.561. The molecule has 0 saturated carbocycles. The van der Waals surface area contributed by atoms with E-state index < -0.39 is 41.4 Å². The van der Waals surface area contributed by atoms with Gasteiger partial charge in [-0.25, -0.2) is 9.59 Å². The molecule has 3 amide bonds. The first kappa shape index (κ1) is 27.5. The van der Waals surface area contributed by atoms with Gasteiger partial charge in [0.25, 0.3) is 5.91 Å². The Morgan fingerprint density at radius 2 is 1.73 bits per heavy atom. The summed E-state index contributed by atoms with van der Waals surface area (Å²) in [6.07, 6.45) is -4.71. The Kier molecular flexibility index (Phi) is 8.43. The Labute approximate surface area is 214 Å². The Morgan fingerprint density at radius 1 is 1.05 bits per heavy atom. The van der Waals surface area contributed by atoms with E-state index in [0.717, 1.165) is 12.1 Å². The number of urea groups is 1. The fraction of sp³-hybridized carbons (Fsp3) is 0.250. The first-order chi connectivity index (χ1) is 17.4. The van der Waals surface area contributed by atoms with E-state index in [2.05, 4.69) is 21.1 Å². The topological polar surface area (TPSA) is 123 Å². The van der Waals surface area contributed by atoms with Crippen LogP contribution in [0.15, 0.2) is 53.1 Å². The summed E-state index contributed by atoms with van der Waals surface area (Å²) in [5, 5.41) is 10.7. The third kappa shape index (κ3) is 6.79. The van der Waals surface area contributed by atoms with Gasteiger partial charge in [0, 0.05) is 17.3 Å². The van der Waals surface area contributed by atoms with Crippen LogP contribution in [0.2, 0.25) is 5.02 Å². The molecular weight excluding hydrogens is 517 g/mol. The number of hydrogen-bond donors (Lipinski definition) is 3. The fourth-order valence-electron chi connectivity index (χ4n) is 3.24. The smallest absolute Gasteiger partial charge is 0.418 e. The molecule has 0 aliphatic rings. The Balaban J connectivity index is 1.67. The second-order valence-electron chi connectivity index (χ2n) is 8.11. The molecule has 1 aromatic heterocycles. The second kappa shape index (κ2) is 11.3. The average Bonchev–Trinajstić information content (AvgIpc) is 3.33. The maximum absolute atomic E-state index is 13.2. The minimum atomic E-state index is -4.71. The molecule has 0 unspecified atom stereocenters. The van der Waals surface area contributed by atoms with Gasteiger partial charge in [-0.3, -0.25) is 4.79 Å². The van der Waals surface area contributed by atoms with Crippen LogP contribution in [0.25, 0.3) is 11.3 Å². The first-order valence-electron chi connectivity index (χ1n) is 10.8. The second-order valence-corrected chi connectivity index (χ2v) is 8.52. The highest BCUT2D eigenvalue weighted by molar-refractivity contribution is 6.34. The molecular formula is C24H22ClF3N4O5. The van der Waals surface area contributed by atoms with Gasteiger partial charge < -0.3 is 25.2 Å². The first-order valence-corrected chi connectivity index (χ1v) is 11.2. The van der Waals surface area contributed by atoms with Crippen molar-refractivity contribution in [3.05, 3.63) is 64.9 Å². The molecule has 0 aliphatic heterocycles. The molecule has 196 valence electrons. The number of rotatable bonds is 7. The van der Waals surface area contributed by atoms with Gasteiger partial charge in [0.15, 0.2) is 0 Å². The molecule has 0 saturated heterocycles. The Hall–Kier alpha value is -4.06. The number of ether oxygens (including phenoxy) is 1. The number of amides is 3. The van der Waals surface area contributed by atoms with Crippen molar-refractivity contribution in [2.24, 2.45) is 5.92 Å². The maximum atomic E-state index is 13.2. The highest BCUT2D eigenvalue weighted by Crippen LogP contribution is 2.38. The number of hydrogen-bond acceptors (Lipinski definition) is 6. The van der Waals surface area contributed by atoms with Crippen molar-refractivity contribution in [3.63, 3.8) is 0 Å². The monoisotopic (exact) mass is 538 g/mol. The molecule has 9 nitrogen and oxygen atoms in total. The highest BCUT2D eigenvalue weighted by Gasteiger charge is 2.35. The number of halogens is 4. The number of carbonyl (C=O) groups excluding carboxylic acids is 3. The molecule has 0 bridgehead atoms. The van der Waals surface area contributed by atoms with Crippen LogP contribution in [0.4, 0.5) is 29.3 Å². The molecule has 0 spiro atoms. The average molecular weight is 539 g/mol. The van der Waals surface area contributed by atoms with E-state index in [1.165, 1.54) is 31.4 Å². The minimum Gasteiger partial charge on any atom is -0.467 e. The van der Waals surface area contributed by atoms with Crippen LogP contribution < -0.4 is 16.0 Å². The molecule has 13 heteroatoms. The van der Waals surface area contributed by atoms with Gasteiger partial charge in [-0.2, -0.15) is 13.2 Å². The number of para-hydroxylation sites is 1. The zero-order valence-corrected chi connectivity index (χ0v) is 20.5. The molecule has 37 heavy (non-hydrogen) atoms. The van der Waals surface area contributed by atoms with Crippen LogP contribution in [0.3, 0.4) is 0 Å². The number of methoxy groups -OCH3 is 1. The Morgan fingerprint density at radius 3 is 2.32 bits per heavy atom. The van der Waals surface area contributed by atoms with Crippen LogP contribution in [0.5, 0.6) is 0 Å². The number of nitrogens with zero attached hydrogens (tertiary/aromatic N) is 1. The van der Waals surface area contributed by atoms with Crippen molar-refractivity contribution in [2.75, 3.05) is 17.7 Å². The van der Waals surface area contributed by atoms with Crippen LogP contribution in [0, 0.1) is 5.92 Å². The van der Waals surface area contributed by atoms with E-state index >= 15 is 0 Å². The van der Waals surface area contributed by atoms with Crippen LogP contribution in [-0.4, -0.2) is 36.2 Å². The van der Waals surface area contributed by atoms with Crippen molar-refractivity contribution in [1.82, 2.24) is 10.5 Å². The van der Waals surface area contributed by atoms with Crippen molar-refractivity contribution in [3.8, 4) is 11.3 Å². The SMILES string of the molecule is COC(=O)[C@@H](NC(=O)c1cc(-c2ccc(NC(=O)Nc3c(Cl)cccc3C(F)(F)F)cc2)no1)C(C)C. The number of alkyl halides is 3. The predicted molar refractivity (Wildman–Crippen MR) is 129 cm³/mol. The summed E-state index contributed by atoms with van der Waals surface area (Å²) < 4.78 is 49.4. The lowest BCUT2D eigenvalue weighted by Gasteiger charge is -2.18. The number of aromatic nitrogens is 1. The van der Waals surface area contributed by atoms with E-state index in [1.54, 1.807) is 26.0 Å². The quantitative estimate of drug-likeness (QED) is 0.337. The van der Waals surface area contributed by atoms with E-state index in [9.17, 15) is 27.6 Å². The van der Waals surface area contributed by atoms with Crippen molar-refractivity contribution < 1.29 is 36.8 Å². The Bertz CT molecular complexity index is 1290. The van der Waals surface area contributed by atoms with E-state index in [1.807, 2.05) is 0 Å². The maximum Gasteiger partial charge on any atom is 0.418 e. The molecule has 0 fully saturated rings. The van der Waals surface area contributed by atoms with E-state index in [-0.39, 0.29) is 22.4 Å². The molecule has 1 heterocycles. The van der Waals surface area contributed by atoms with E-state index in [0.29, 0.717) is 11.3 Å². The lowest BCUT2D eigenvalue weighted by atomic mass is 10.0. The zero-order valence-electron chi connectivity index (χ0n) is 19.8. The minimum absolute atomic E-state index is 0.133. The van der Waals surface area contributed by atoms with Gasteiger partial charge >= 0.3 is 18.2 Å². The van der Waals surface area contributed by atoms with Gasteiger partial charge in [-0.05, 0) is 30.2 Å². The largest absolute Gasteiger partial charge is 0.467 e. The van der Waals surface area contributed by atoms with Crippen molar-refractivity contribution >= 4 is 40.9 Å².